The summed E-state index contributed by atoms with van der Waals surface area (Å²) in [6.07, 6.45) is 3.60. The average Bonchev–Trinajstić information content (AvgIpc) is 3.27. The zero-order chi connectivity index (χ0) is 17.3. The van der Waals surface area contributed by atoms with Gasteiger partial charge in [0.1, 0.15) is 11.6 Å². The summed E-state index contributed by atoms with van der Waals surface area (Å²) in [5.74, 6) is 1.20. The van der Waals surface area contributed by atoms with Crippen molar-refractivity contribution in [1.29, 1.82) is 0 Å². The molecule has 1 aliphatic rings. The second kappa shape index (κ2) is 6.30. The van der Waals surface area contributed by atoms with Gasteiger partial charge >= 0.3 is 0 Å². The van der Waals surface area contributed by atoms with Gasteiger partial charge in [-0.1, -0.05) is 0 Å². The molecule has 0 aliphatic carbocycles. The highest BCUT2D eigenvalue weighted by Crippen LogP contribution is 2.31. The Morgan fingerprint density at radius 1 is 1.19 bits per heavy atom. The summed E-state index contributed by atoms with van der Waals surface area (Å²) >= 11 is 0. The van der Waals surface area contributed by atoms with Crippen molar-refractivity contribution in [1.82, 2.24) is 20.3 Å². The van der Waals surface area contributed by atoms with Crippen LogP contribution in [0.1, 0.15) is 12.8 Å². The number of benzene rings is 1. The van der Waals surface area contributed by atoms with Crippen molar-refractivity contribution in [2.45, 2.75) is 18.9 Å². The van der Waals surface area contributed by atoms with E-state index in [0.717, 1.165) is 48.2 Å². The SMILES string of the molecule is c1cnc2c(Nc3ccc4c(OC5CCOCC5)noc4c3)n[nH]c2c1. The Kier molecular flexibility index (Phi) is 3.67. The van der Waals surface area contributed by atoms with Gasteiger partial charge in [-0.2, -0.15) is 5.10 Å². The Morgan fingerprint density at radius 2 is 2.12 bits per heavy atom. The third kappa shape index (κ3) is 2.74. The van der Waals surface area contributed by atoms with E-state index in [2.05, 4.69) is 25.7 Å². The summed E-state index contributed by atoms with van der Waals surface area (Å²) in [6.45, 7) is 1.44. The lowest BCUT2D eigenvalue weighted by molar-refractivity contribution is 0.0230. The Labute approximate surface area is 148 Å². The van der Waals surface area contributed by atoms with Crippen LogP contribution in [0.2, 0.25) is 0 Å². The first-order valence-electron chi connectivity index (χ1n) is 8.57. The number of fused-ring (bicyclic) bond motifs is 2. The zero-order valence-corrected chi connectivity index (χ0v) is 13.9. The second-order valence-electron chi connectivity index (χ2n) is 6.23. The summed E-state index contributed by atoms with van der Waals surface area (Å²) in [5, 5.41) is 15.4. The summed E-state index contributed by atoms with van der Waals surface area (Å²) in [5.41, 5.74) is 3.16. The van der Waals surface area contributed by atoms with Gasteiger partial charge in [-0.05, 0) is 29.4 Å². The number of rotatable bonds is 4. The maximum Gasteiger partial charge on any atom is 0.262 e. The summed E-state index contributed by atoms with van der Waals surface area (Å²) in [7, 11) is 0. The van der Waals surface area contributed by atoms with Gasteiger partial charge < -0.3 is 19.3 Å². The van der Waals surface area contributed by atoms with E-state index in [0.29, 0.717) is 17.3 Å². The van der Waals surface area contributed by atoms with Crippen molar-refractivity contribution >= 4 is 33.5 Å². The highest BCUT2D eigenvalue weighted by Gasteiger charge is 2.19. The van der Waals surface area contributed by atoms with E-state index in [-0.39, 0.29) is 6.10 Å². The van der Waals surface area contributed by atoms with Crippen LogP contribution in [0.15, 0.2) is 41.1 Å². The molecule has 0 unspecified atom stereocenters. The fourth-order valence-electron chi connectivity index (χ4n) is 3.11. The molecule has 0 spiro atoms. The van der Waals surface area contributed by atoms with E-state index < -0.39 is 0 Å². The number of aromatic amines is 1. The summed E-state index contributed by atoms with van der Waals surface area (Å²) < 4.78 is 16.8. The molecular formula is C18H17N5O3. The van der Waals surface area contributed by atoms with Crippen LogP contribution in [0.4, 0.5) is 11.5 Å². The quantitative estimate of drug-likeness (QED) is 0.581. The molecule has 3 aromatic heterocycles. The standard InChI is InChI=1S/C18H17N5O3/c1-2-14-16(19-7-1)17(22-21-14)20-11-3-4-13-15(10-11)26-23-18(13)25-12-5-8-24-9-6-12/h1-4,7,10,12H,5-6,8-9H2,(H2,20,21,22). The number of nitrogens with one attached hydrogen (secondary N) is 2. The van der Waals surface area contributed by atoms with Crippen LogP contribution in [0.5, 0.6) is 5.88 Å². The molecule has 4 heterocycles. The highest BCUT2D eigenvalue weighted by atomic mass is 16.5. The molecular weight excluding hydrogens is 334 g/mol. The van der Waals surface area contributed by atoms with Crippen molar-refractivity contribution < 1.29 is 14.0 Å². The van der Waals surface area contributed by atoms with E-state index in [1.54, 1.807) is 6.20 Å². The fraction of sp³-hybridized carbons (Fsp3) is 0.278. The molecule has 1 saturated heterocycles. The van der Waals surface area contributed by atoms with E-state index in [1.165, 1.54) is 0 Å². The smallest absolute Gasteiger partial charge is 0.262 e. The van der Waals surface area contributed by atoms with Crippen molar-refractivity contribution in [2.75, 3.05) is 18.5 Å². The van der Waals surface area contributed by atoms with Crippen molar-refractivity contribution in [2.24, 2.45) is 0 Å². The van der Waals surface area contributed by atoms with E-state index in [4.69, 9.17) is 14.0 Å². The number of pyridine rings is 1. The summed E-state index contributed by atoms with van der Waals surface area (Å²) in [4.78, 5) is 4.35. The van der Waals surface area contributed by atoms with Crippen LogP contribution in [0.25, 0.3) is 22.0 Å². The lowest BCUT2D eigenvalue weighted by Gasteiger charge is -2.21. The van der Waals surface area contributed by atoms with E-state index >= 15 is 0 Å². The lowest BCUT2D eigenvalue weighted by Crippen LogP contribution is -2.26. The molecule has 8 heteroatoms. The van der Waals surface area contributed by atoms with Crippen molar-refractivity contribution in [3.05, 3.63) is 36.5 Å². The Morgan fingerprint density at radius 3 is 3.04 bits per heavy atom. The highest BCUT2D eigenvalue weighted by molar-refractivity contribution is 5.90. The molecule has 2 N–H and O–H groups in total. The molecule has 0 radical (unpaired) electrons. The van der Waals surface area contributed by atoms with E-state index in [9.17, 15) is 0 Å². The first-order chi connectivity index (χ1) is 12.9. The zero-order valence-electron chi connectivity index (χ0n) is 13.9. The van der Waals surface area contributed by atoms with Crippen molar-refractivity contribution in [3.8, 4) is 5.88 Å². The molecule has 8 nitrogen and oxygen atoms in total. The number of aromatic nitrogens is 4. The second-order valence-corrected chi connectivity index (χ2v) is 6.23. The van der Waals surface area contributed by atoms with Gasteiger partial charge in [0, 0.05) is 30.8 Å². The van der Waals surface area contributed by atoms with Gasteiger partial charge in [0.15, 0.2) is 11.4 Å². The molecule has 1 fully saturated rings. The van der Waals surface area contributed by atoms with Gasteiger partial charge in [-0.15, -0.1) is 0 Å². The maximum atomic E-state index is 5.98. The number of anilines is 2. The molecule has 1 aromatic carbocycles. The molecule has 132 valence electrons. The number of nitrogens with zero attached hydrogens (tertiary/aromatic N) is 3. The number of hydrogen-bond acceptors (Lipinski definition) is 7. The van der Waals surface area contributed by atoms with Gasteiger partial charge in [0.25, 0.3) is 5.88 Å². The molecule has 26 heavy (non-hydrogen) atoms. The summed E-state index contributed by atoms with van der Waals surface area (Å²) in [6, 6.07) is 9.55. The third-order valence-corrected chi connectivity index (χ3v) is 4.47. The molecule has 0 atom stereocenters. The minimum absolute atomic E-state index is 0.122. The Balaban J connectivity index is 1.40. The predicted octanol–water partition coefficient (Wildman–Crippen LogP) is 3.40. The topological polar surface area (TPSA) is 98.1 Å². The molecule has 1 aliphatic heterocycles. The van der Waals surface area contributed by atoms with E-state index in [1.807, 2.05) is 30.3 Å². The number of ether oxygens (including phenoxy) is 2. The van der Waals surface area contributed by atoms with Crippen LogP contribution in [0.3, 0.4) is 0 Å². The molecule has 5 rings (SSSR count). The molecule has 0 amide bonds. The molecule has 0 bridgehead atoms. The van der Waals surface area contributed by atoms with Crippen LogP contribution in [-0.4, -0.2) is 39.7 Å². The maximum absolute atomic E-state index is 5.98. The minimum atomic E-state index is 0.122. The van der Waals surface area contributed by atoms with Crippen LogP contribution < -0.4 is 10.1 Å². The van der Waals surface area contributed by atoms with Crippen molar-refractivity contribution in [3.63, 3.8) is 0 Å². The first kappa shape index (κ1) is 15.2. The molecule has 4 aromatic rings. The van der Waals surface area contributed by atoms with Crippen LogP contribution >= 0.6 is 0 Å². The third-order valence-electron chi connectivity index (χ3n) is 4.47. The van der Waals surface area contributed by atoms with Gasteiger partial charge in [0.2, 0.25) is 0 Å². The number of hydrogen-bond donors (Lipinski definition) is 2. The number of H-pyrrole nitrogens is 1. The Hall–Kier alpha value is -3.13. The minimum Gasteiger partial charge on any atom is -0.472 e. The van der Waals surface area contributed by atoms with Gasteiger partial charge in [-0.25, -0.2) is 0 Å². The first-order valence-corrected chi connectivity index (χ1v) is 8.57. The fourth-order valence-corrected chi connectivity index (χ4v) is 3.11. The van der Waals surface area contributed by atoms with Crippen LogP contribution in [0, 0.1) is 0 Å². The van der Waals surface area contributed by atoms with Gasteiger partial charge in [-0.3, -0.25) is 10.1 Å². The molecule has 0 saturated carbocycles. The average molecular weight is 351 g/mol. The van der Waals surface area contributed by atoms with Gasteiger partial charge in [0.05, 0.1) is 24.1 Å². The normalized spacial score (nSPS) is 15.5. The Bertz CT molecular complexity index is 1050. The largest absolute Gasteiger partial charge is 0.472 e. The predicted molar refractivity (Wildman–Crippen MR) is 95.6 cm³/mol. The van der Waals surface area contributed by atoms with Crippen LogP contribution in [-0.2, 0) is 4.74 Å². The lowest BCUT2D eigenvalue weighted by atomic mass is 10.1. The monoisotopic (exact) mass is 351 g/mol.